The number of rotatable bonds is 4. The molecule has 1 aromatic carbocycles. The van der Waals surface area contributed by atoms with Gasteiger partial charge in [0.25, 0.3) is 0 Å². The fraction of sp³-hybridized carbons (Fsp3) is 0.333. The van der Waals surface area contributed by atoms with Gasteiger partial charge in [0.05, 0.1) is 21.5 Å². The molecule has 0 heterocycles. The minimum Gasteiger partial charge on any atom is -0.382 e. The van der Waals surface area contributed by atoms with Crippen molar-refractivity contribution in [3.05, 3.63) is 28.2 Å². The normalized spacial score (nSPS) is 11.4. The molecule has 0 radical (unpaired) electrons. The summed E-state index contributed by atoms with van der Waals surface area (Å²) in [5, 5.41) is 3.86. The van der Waals surface area contributed by atoms with E-state index in [1.165, 1.54) is 6.26 Å². The molecular weight excluding hydrogens is 257 g/mol. The van der Waals surface area contributed by atoms with E-state index in [2.05, 4.69) is 5.32 Å². The van der Waals surface area contributed by atoms with Crippen molar-refractivity contribution in [2.75, 3.05) is 23.9 Å². The summed E-state index contributed by atoms with van der Waals surface area (Å²) in [6.07, 6.45) is 1.18. The Hall–Kier alpha value is -0.450. The van der Waals surface area contributed by atoms with Gasteiger partial charge in [0.15, 0.2) is 0 Å². The van der Waals surface area contributed by atoms with E-state index in [-0.39, 0.29) is 5.75 Å². The van der Waals surface area contributed by atoms with E-state index in [0.717, 1.165) is 0 Å². The Bertz CT molecular complexity index is 425. The fourth-order valence-electron chi connectivity index (χ4n) is 1.03. The highest BCUT2D eigenvalue weighted by Gasteiger charge is 2.06. The molecule has 15 heavy (non-hydrogen) atoms. The molecule has 1 rings (SSSR count). The van der Waals surface area contributed by atoms with Crippen LogP contribution in [0.2, 0.25) is 10.0 Å². The van der Waals surface area contributed by atoms with Crippen LogP contribution in [-0.4, -0.2) is 27.0 Å². The Labute approximate surface area is 99.3 Å². The van der Waals surface area contributed by atoms with E-state index < -0.39 is 9.84 Å². The predicted octanol–water partition coefficient (Wildman–Crippen LogP) is 2.45. The smallest absolute Gasteiger partial charge is 0.149 e. The maximum absolute atomic E-state index is 10.9. The highest BCUT2D eigenvalue weighted by Crippen LogP contribution is 2.29. The maximum Gasteiger partial charge on any atom is 0.149 e. The molecule has 0 aliphatic carbocycles. The molecule has 0 spiro atoms. The number of sulfone groups is 1. The van der Waals surface area contributed by atoms with E-state index in [9.17, 15) is 8.42 Å². The molecule has 0 saturated heterocycles. The zero-order chi connectivity index (χ0) is 11.5. The van der Waals surface area contributed by atoms with Crippen molar-refractivity contribution in [1.82, 2.24) is 0 Å². The Kier molecular flexibility index (Phi) is 4.25. The maximum atomic E-state index is 10.9. The van der Waals surface area contributed by atoms with Crippen LogP contribution in [0.4, 0.5) is 5.69 Å². The average Bonchev–Trinajstić information content (AvgIpc) is 2.08. The minimum atomic E-state index is -2.97. The van der Waals surface area contributed by atoms with Crippen molar-refractivity contribution in [3.8, 4) is 0 Å². The molecule has 0 fully saturated rings. The molecule has 0 aromatic heterocycles. The van der Waals surface area contributed by atoms with Crippen LogP contribution in [0.25, 0.3) is 0 Å². The van der Waals surface area contributed by atoms with Crippen LogP contribution in [0, 0.1) is 0 Å². The largest absolute Gasteiger partial charge is 0.382 e. The molecule has 1 aromatic rings. The van der Waals surface area contributed by atoms with E-state index in [4.69, 9.17) is 23.2 Å². The molecule has 0 amide bonds. The van der Waals surface area contributed by atoms with Crippen LogP contribution in [0.1, 0.15) is 0 Å². The molecule has 0 unspecified atom stereocenters. The van der Waals surface area contributed by atoms with Gasteiger partial charge in [0.1, 0.15) is 9.84 Å². The van der Waals surface area contributed by atoms with Crippen LogP contribution in [-0.2, 0) is 9.84 Å². The van der Waals surface area contributed by atoms with E-state index in [1.54, 1.807) is 18.2 Å². The zero-order valence-electron chi connectivity index (χ0n) is 8.13. The third-order valence-electron chi connectivity index (χ3n) is 1.74. The second-order valence-electron chi connectivity index (χ2n) is 3.15. The molecule has 0 bridgehead atoms. The first kappa shape index (κ1) is 12.6. The first-order valence-electron chi connectivity index (χ1n) is 4.26. The van der Waals surface area contributed by atoms with Crippen molar-refractivity contribution in [2.24, 2.45) is 0 Å². The highest BCUT2D eigenvalue weighted by molar-refractivity contribution is 7.90. The van der Waals surface area contributed by atoms with Gasteiger partial charge in [0, 0.05) is 12.8 Å². The topological polar surface area (TPSA) is 46.2 Å². The van der Waals surface area contributed by atoms with Gasteiger partial charge >= 0.3 is 0 Å². The Balaban J connectivity index is 2.66. The summed E-state index contributed by atoms with van der Waals surface area (Å²) in [4.78, 5) is 0. The second-order valence-corrected chi connectivity index (χ2v) is 6.23. The quantitative estimate of drug-likeness (QED) is 0.912. The molecule has 0 atom stereocenters. The number of halogens is 2. The molecule has 6 heteroatoms. The lowest BCUT2D eigenvalue weighted by molar-refractivity contribution is 0.602. The summed E-state index contributed by atoms with van der Waals surface area (Å²) in [7, 11) is -2.97. The lowest BCUT2D eigenvalue weighted by Gasteiger charge is -2.09. The SMILES string of the molecule is CS(=O)(=O)CCNc1c(Cl)cccc1Cl. The molecular formula is C9H11Cl2NO2S. The van der Waals surface area contributed by atoms with E-state index in [0.29, 0.717) is 22.3 Å². The van der Waals surface area contributed by atoms with Crippen LogP contribution < -0.4 is 5.32 Å². The Morgan fingerprint density at radius 3 is 2.27 bits per heavy atom. The van der Waals surface area contributed by atoms with Gasteiger partial charge in [-0.15, -0.1) is 0 Å². The number of nitrogens with one attached hydrogen (secondary N) is 1. The standard InChI is InChI=1S/C9H11Cl2NO2S/c1-15(13,14)6-5-12-9-7(10)3-2-4-8(9)11/h2-4,12H,5-6H2,1H3. The summed E-state index contributed by atoms with van der Waals surface area (Å²) in [6, 6.07) is 5.11. The van der Waals surface area contributed by atoms with Crippen molar-refractivity contribution in [3.63, 3.8) is 0 Å². The number of anilines is 1. The third-order valence-corrected chi connectivity index (χ3v) is 3.31. The minimum absolute atomic E-state index is 0.0502. The fourth-order valence-corrected chi connectivity index (χ4v) is 2.03. The van der Waals surface area contributed by atoms with Crippen LogP contribution in [0.5, 0.6) is 0 Å². The lowest BCUT2D eigenvalue weighted by atomic mass is 10.3. The van der Waals surface area contributed by atoms with Crippen LogP contribution >= 0.6 is 23.2 Å². The molecule has 0 saturated carbocycles. The predicted molar refractivity (Wildman–Crippen MR) is 64.7 cm³/mol. The zero-order valence-corrected chi connectivity index (χ0v) is 10.5. The number of hydrogen-bond acceptors (Lipinski definition) is 3. The van der Waals surface area contributed by atoms with Crippen molar-refractivity contribution in [2.45, 2.75) is 0 Å². The summed E-state index contributed by atoms with van der Waals surface area (Å²) in [5.74, 6) is 0.0502. The van der Waals surface area contributed by atoms with Gasteiger partial charge in [-0.05, 0) is 12.1 Å². The average molecular weight is 268 g/mol. The third kappa shape index (κ3) is 4.28. The Morgan fingerprint density at radius 1 is 1.27 bits per heavy atom. The molecule has 1 N–H and O–H groups in total. The first-order chi connectivity index (χ1) is 6.90. The number of hydrogen-bond donors (Lipinski definition) is 1. The van der Waals surface area contributed by atoms with Gasteiger partial charge in [-0.2, -0.15) is 0 Å². The van der Waals surface area contributed by atoms with Gasteiger partial charge in [-0.3, -0.25) is 0 Å². The number of benzene rings is 1. The van der Waals surface area contributed by atoms with Crippen LogP contribution in [0.3, 0.4) is 0 Å². The van der Waals surface area contributed by atoms with Crippen molar-refractivity contribution >= 4 is 38.7 Å². The Morgan fingerprint density at radius 2 is 1.80 bits per heavy atom. The molecule has 3 nitrogen and oxygen atoms in total. The van der Waals surface area contributed by atoms with Crippen molar-refractivity contribution in [1.29, 1.82) is 0 Å². The summed E-state index contributed by atoms with van der Waals surface area (Å²) in [6.45, 7) is 0.294. The molecule has 84 valence electrons. The van der Waals surface area contributed by atoms with Gasteiger partial charge in [0.2, 0.25) is 0 Å². The lowest BCUT2D eigenvalue weighted by Crippen LogP contribution is -2.14. The molecule has 0 aliphatic rings. The van der Waals surface area contributed by atoms with Crippen molar-refractivity contribution < 1.29 is 8.42 Å². The molecule has 0 aliphatic heterocycles. The van der Waals surface area contributed by atoms with Gasteiger partial charge < -0.3 is 5.32 Å². The van der Waals surface area contributed by atoms with Gasteiger partial charge in [-0.1, -0.05) is 29.3 Å². The van der Waals surface area contributed by atoms with E-state index in [1.807, 2.05) is 0 Å². The van der Waals surface area contributed by atoms with E-state index >= 15 is 0 Å². The number of para-hydroxylation sites is 1. The monoisotopic (exact) mass is 267 g/mol. The highest BCUT2D eigenvalue weighted by atomic mass is 35.5. The second kappa shape index (κ2) is 5.05. The van der Waals surface area contributed by atoms with Crippen LogP contribution in [0.15, 0.2) is 18.2 Å². The summed E-state index contributed by atoms with van der Waals surface area (Å²) >= 11 is 11.8. The summed E-state index contributed by atoms with van der Waals surface area (Å²) in [5.41, 5.74) is 0.574. The van der Waals surface area contributed by atoms with Gasteiger partial charge in [-0.25, -0.2) is 8.42 Å². The summed E-state index contributed by atoms with van der Waals surface area (Å²) < 4.78 is 21.8. The first-order valence-corrected chi connectivity index (χ1v) is 7.07.